The van der Waals surface area contributed by atoms with Gasteiger partial charge in [0.25, 0.3) is 11.8 Å². The van der Waals surface area contributed by atoms with Crippen molar-refractivity contribution in [3.05, 3.63) is 69.7 Å². The standard InChI is InChI=1S/C25H26ClN5O4S/c1-35-18-8-4-7-17(13-18)31(25(34)22-19(27)20(23(28)32)30-36-22)21(14-9-11-15(26)12-10-14)24(33)29-16-5-2-3-6-16/h4,7-13,16,21H,2-3,5-6,27H2,1H3,(H2,28,32)(H,29,33)/t21-/m1/s1. The fourth-order valence-corrected chi connectivity index (χ4v) is 5.16. The normalized spacial score (nSPS) is 14.3. The molecule has 3 amide bonds. The van der Waals surface area contributed by atoms with Crippen LogP contribution in [0.2, 0.25) is 5.02 Å². The highest BCUT2D eigenvalue weighted by molar-refractivity contribution is 7.09. The Hall–Kier alpha value is -3.63. The molecule has 1 atom stereocenters. The van der Waals surface area contributed by atoms with E-state index in [1.807, 2.05) is 0 Å². The Bertz CT molecular complexity index is 1270. The zero-order valence-corrected chi connectivity index (χ0v) is 21.1. The van der Waals surface area contributed by atoms with E-state index in [9.17, 15) is 14.4 Å². The van der Waals surface area contributed by atoms with Crippen LogP contribution in [0.4, 0.5) is 11.4 Å². The van der Waals surface area contributed by atoms with Gasteiger partial charge >= 0.3 is 0 Å². The third-order valence-electron chi connectivity index (χ3n) is 6.10. The van der Waals surface area contributed by atoms with Crippen LogP contribution in [0.15, 0.2) is 48.5 Å². The maximum Gasteiger partial charge on any atom is 0.273 e. The molecular weight excluding hydrogens is 502 g/mol. The minimum Gasteiger partial charge on any atom is -0.497 e. The number of ether oxygens (including phenoxy) is 1. The smallest absolute Gasteiger partial charge is 0.273 e. The number of nitrogen functional groups attached to an aromatic ring is 1. The van der Waals surface area contributed by atoms with Gasteiger partial charge in [0.05, 0.1) is 12.8 Å². The summed E-state index contributed by atoms with van der Waals surface area (Å²) in [5.41, 5.74) is 12.1. The van der Waals surface area contributed by atoms with Crippen molar-refractivity contribution in [2.24, 2.45) is 5.73 Å². The van der Waals surface area contributed by atoms with Crippen molar-refractivity contribution in [1.82, 2.24) is 9.69 Å². The fraction of sp³-hybridized carbons (Fsp3) is 0.280. The van der Waals surface area contributed by atoms with E-state index >= 15 is 0 Å². The molecule has 5 N–H and O–H groups in total. The quantitative estimate of drug-likeness (QED) is 0.405. The Labute approximate surface area is 217 Å². The van der Waals surface area contributed by atoms with Crippen LogP contribution in [-0.4, -0.2) is 35.2 Å². The van der Waals surface area contributed by atoms with Gasteiger partial charge in [-0.15, -0.1) is 0 Å². The highest BCUT2D eigenvalue weighted by Gasteiger charge is 2.37. The van der Waals surface area contributed by atoms with Crippen molar-refractivity contribution < 1.29 is 19.1 Å². The number of aromatic nitrogens is 1. The summed E-state index contributed by atoms with van der Waals surface area (Å²) in [6.07, 6.45) is 3.80. The van der Waals surface area contributed by atoms with Gasteiger partial charge < -0.3 is 21.5 Å². The molecule has 36 heavy (non-hydrogen) atoms. The highest BCUT2D eigenvalue weighted by Crippen LogP contribution is 2.35. The number of methoxy groups -OCH3 is 1. The van der Waals surface area contributed by atoms with Gasteiger partial charge in [-0.25, -0.2) is 0 Å². The van der Waals surface area contributed by atoms with Crippen LogP contribution < -0.4 is 26.4 Å². The van der Waals surface area contributed by atoms with Crippen LogP contribution in [0, 0.1) is 0 Å². The second-order valence-corrected chi connectivity index (χ2v) is 9.67. The molecule has 1 saturated carbocycles. The van der Waals surface area contributed by atoms with E-state index in [1.54, 1.807) is 48.5 Å². The van der Waals surface area contributed by atoms with Crippen molar-refractivity contribution >= 4 is 52.2 Å². The van der Waals surface area contributed by atoms with Gasteiger partial charge in [0.2, 0.25) is 5.91 Å². The van der Waals surface area contributed by atoms with E-state index in [-0.39, 0.29) is 28.2 Å². The second-order valence-electron chi connectivity index (χ2n) is 8.46. The van der Waals surface area contributed by atoms with Gasteiger partial charge in [0, 0.05) is 22.8 Å². The lowest BCUT2D eigenvalue weighted by atomic mass is 10.0. The molecule has 4 rings (SSSR count). The number of carbonyl (C=O) groups is 3. The number of primary amides is 1. The maximum absolute atomic E-state index is 14.0. The average Bonchev–Trinajstić information content (AvgIpc) is 3.52. The Morgan fingerprint density at radius 3 is 2.47 bits per heavy atom. The number of rotatable bonds is 8. The van der Waals surface area contributed by atoms with Crippen LogP contribution >= 0.6 is 23.1 Å². The molecule has 188 valence electrons. The minimum atomic E-state index is -1.07. The van der Waals surface area contributed by atoms with Crippen LogP contribution in [0.1, 0.15) is 57.4 Å². The number of amides is 3. The summed E-state index contributed by atoms with van der Waals surface area (Å²) in [6.45, 7) is 0. The Morgan fingerprint density at radius 1 is 1.17 bits per heavy atom. The molecule has 9 nitrogen and oxygen atoms in total. The van der Waals surface area contributed by atoms with Crippen molar-refractivity contribution in [1.29, 1.82) is 0 Å². The lowest BCUT2D eigenvalue weighted by Gasteiger charge is -2.32. The number of hydrogen-bond donors (Lipinski definition) is 3. The third kappa shape index (κ3) is 5.29. The van der Waals surface area contributed by atoms with E-state index in [0.717, 1.165) is 37.2 Å². The van der Waals surface area contributed by atoms with Crippen molar-refractivity contribution in [2.45, 2.75) is 37.8 Å². The predicted octanol–water partition coefficient (Wildman–Crippen LogP) is 3.93. The summed E-state index contributed by atoms with van der Waals surface area (Å²) in [5, 5.41) is 3.59. The zero-order chi connectivity index (χ0) is 25.8. The molecule has 1 heterocycles. The van der Waals surface area contributed by atoms with Crippen LogP contribution in [-0.2, 0) is 4.79 Å². The lowest BCUT2D eigenvalue weighted by molar-refractivity contribution is -0.123. The van der Waals surface area contributed by atoms with E-state index < -0.39 is 17.9 Å². The van der Waals surface area contributed by atoms with Crippen LogP contribution in [0.25, 0.3) is 0 Å². The molecular formula is C25H26ClN5O4S. The largest absolute Gasteiger partial charge is 0.497 e. The molecule has 3 aromatic rings. The van der Waals surface area contributed by atoms with Gasteiger partial charge in [-0.05, 0) is 54.2 Å². The molecule has 1 aromatic heterocycles. The van der Waals surface area contributed by atoms with Gasteiger partial charge in [0.15, 0.2) is 5.69 Å². The maximum atomic E-state index is 14.0. The summed E-state index contributed by atoms with van der Waals surface area (Å²) in [7, 11) is 1.51. The molecule has 0 radical (unpaired) electrons. The first-order chi connectivity index (χ1) is 17.3. The van der Waals surface area contributed by atoms with Crippen LogP contribution in [0.3, 0.4) is 0 Å². The molecule has 0 unspecified atom stereocenters. The van der Waals surface area contributed by atoms with Gasteiger partial charge in [-0.3, -0.25) is 19.3 Å². The minimum absolute atomic E-state index is 0.000695. The van der Waals surface area contributed by atoms with E-state index in [2.05, 4.69) is 9.69 Å². The fourth-order valence-electron chi connectivity index (χ4n) is 4.30. The summed E-state index contributed by atoms with van der Waals surface area (Å²) in [4.78, 5) is 40.9. The van der Waals surface area contributed by atoms with Crippen molar-refractivity contribution in [3.8, 4) is 5.75 Å². The molecule has 0 aliphatic heterocycles. The van der Waals surface area contributed by atoms with Crippen molar-refractivity contribution in [2.75, 3.05) is 17.7 Å². The highest BCUT2D eigenvalue weighted by atomic mass is 35.5. The second kappa shape index (κ2) is 11.0. The Kier molecular flexibility index (Phi) is 7.76. The van der Waals surface area contributed by atoms with Gasteiger partial charge in [-0.1, -0.05) is 42.6 Å². The lowest BCUT2D eigenvalue weighted by Crippen LogP contribution is -2.46. The first-order valence-electron chi connectivity index (χ1n) is 11.4. The molecule has 0 bridgehead atoms. The number of anilines is 2. The van der Waals surface area contributed by atoms with E-state index in [4.69, 9.17) is 27.8 Å². The topological polar surface area (TPSA) is 141 Å². The number of carbonyl (C=O) groups excluding carboxylic acids is 3. The SMILES string of the molecule is COc1cccc(N(C(=O)c2snc(C(N)=O)c2N)[C@@H](C(=O)NC2CCCC2)c2ccc(Cl)cc2)c1. The number of nitrogens with zero attached hydrogens (tertiary/aromatic N) is 2. The van der Waals surface area contributed by atoms with E-state index in [1.165, 1.54) is 12.0 Å². The number of nitrogens with one attached hydrogen (secondary N) is 1. The Balaban J connectivity index is 1.86. The number of nitrogens with two attached hydrogens (primary N) is 2. The summed E-state index contributed by atoms with van der Waals surface area (Å²) in [5.74, 6) is -1.30. The average molecular weight is 528 g/mol. The monoisotopic (exact) mass is 527 g/mol. The number of halogens is 1. The molecule has 11 heteroatoms. The zero-order valence-electron chi connectivity index (χ0n) is 19.6. The predicted molar refractivity (Wildman–Crippen MR) is 139 cm³/mol. The Morgan fingerprint density at radius 2 is 1.86 bits per heavy atom. The number of benzene rings is 2. The third-order valence-corrected chi connectivity index (χ3v) is 7.20. The van der Waals surface area contributed by atoms with E-state index in [0.29, 0.717) is 22.0 Å². The molecule has 1 aliphatic rings. The number of hydrogen-bond acceptors (Lipinski definition) is 7. The van der Waals surface area contributed by atoms with Crippen molar-refractivity contribution in [3.63, 3.8) is 0 Å². The van der Waals surface area contributed by atoms with Gasteiger partial charge in [0.1, 0.15) is 16.7 Å². The first-order valence-corrected chi connectivity index (χ1v) is 12.5. The summed E-state index contributed by atoms with van der Waals surface area (Å²) in [6, 6.07) is 12.5. The summed E-state index contributed by atoms with van der Waals surface area (Å²) >= 11 is 6.87. The molecule has 0 spiro atoms. The molecule has 2 aromatic carbocycles. The molecule has 1 aliphatic carbocycles. The van der Waals surface area contributed by atoms with Gasteiger partial charge in [-0.2, -0.15) is 4.37 Å². The first kappa shape index (κ1) is 25.5. The summed E-state index contributed by atoms with van der Waals surface area (Å²) < 4.78 is 9.34. The molecule has 0 saturated heterocycles. The molecule has 1 fully saturated rings. The van der Waals surface area contributed by atoms with Crippen LogP contribution in [0.5, 0.6) is 5.75 Å².